The zero-order chi connectivity index (χ0) is 17.5. The highest BCUT2D eigenvalue weighted by molar-refractivity contribution is 8.01. The monoisotopic (exact) mass is 348 g/mol. The van der Waals surface area contributed by atoms with Crippen molar-refractivity contribution in [2.24, 2.45) is 5.92 Å². The van der Waals surface area contributed by atoms with Gasteiger partial charge in [0.2, 0.25) is 11.8 Å². The van der Waals surface area contributed by atoms with E-state index < -0.39 is 0 Å². The Hall–Kier alpha value is -1.49. The molecular weight excluding hydrogens is 320 g/mol. The van der Waals surface area contributed by atoms with Gasteiger partial charge in [-0.2, -0.15) is 0 Å². The Kier molecular flexibility index (Phi) is 7.16. The number of hydrogen-bond acceptors (Lipinski definition) is 3. The van der Waals surface area contributed by atoms with Gasteiger partial charge < -0.3 is 10.2 Å². The van der Waals surface area contributed by atoms with Crippen LogP contribution in [0.2, 0.25) is 0 Å². The van der Waals surface area contributed by atoms with Gasteiger partial charge in [0.15, 0.2) is 0 Å². The summed E-state index contributed by atoms with van der Waals surface area (Å²) in [5.41, 5.74) is 1.96. The van der Waals surface area contributed by atoms with E-state index in [9.17, 15) is 9.59 Å². The maximum atomic E-state index is 12.6. The summed E-state index contributed by atoms with van der Waals surface area (Å²) in [6, 6.07) is 7.72. The number of aryl methyl sites for hydroxylation is 1. The Morgan fingerprint density at radius 1 is 1.29 bits per heavy atom. The smallest absolute Gasteiger partial charge is 0.235 e. The number of anilines is 1. The molecule has 1 atom stereocenters. The van der Waals surface area contributed by atoms with Gasteiger partial charge in [-0.1, -0.05) is 24.6 Å². The molecule has 2 rings (SSSR count). The number of carbonyl (C=O) groups excluding carboxylic acids is 2. The van der Waals surface area contributed by atoms with Gasteiger partial charge in [0.1, 0.15) is 0 Å². The number of benzene rings is 1. The minimum atomic E-state index is -0.181. The van der Waals surface area contributed by atoms with Crippen molar-refractivity contribution in [2.45, 2.75) is 45.3 Å². The Morgan fingerprint density at radius 2 is 1.96 bits per heavy atom. The fourth-order valence-electron chi connectivity index (χ4n) is 2.54. The van der Waals surface area contributed by atoms with E-state index in [4.69, 9.17) is 0 Å². The number of nitrogens with zero attached hydrogens (tertiary/aromatic N) is 1. The van der Waals surface area contributed by atoms with Crippen LogP contribution in [0.5, 0.6) is 0 Å². The molecule has 5 heteroatoms. The van der Waals surface area contributed by atoms with Crippen LogP contribution in [0, 0.1) is 12.8 Å². The first-order valence-electron chi connectivity index (χ1n) is 8.76. The van der Waals surface area contributed by atoms with Gasteiger partial charge in [-0.25, -0.2) is 0 Å². The summed E-state index contributed by atoms with van der Waals surface area (Å²) in [7, 11) is 0. The fourth-order valence-corrected chi connectivity index (χ4v) is 3.30. The molecule has 0 saturated heterocycles. The number of thioether (sulfide) groups is 1. The molecule has 0 heterocycles. The van der Waals surface area contributed by atoms with Gasteiger partial charge in [0.05, 0.1) is 11.0 Å². The first kappa shape index (κ1) is 18.8. The van der Waals surface area contributed by atoms with E-state index in [0.717, 1.165) is 30.8 Å². The van der Waals surface area contributed by atoms with Crippen LogP contribution in [0.3, 0.4) is 0 Å². The predicted molar refractivity (Wildman–Crippen MR) is 101 cm³/mol. The summed E-state index contributed by atoms with van der Waals surface area (Å²) in [5.74, 6) is 1.09. The normalized spacial score (nSPS) is 15.0. The summed E-state index contributed by atoms with van der Waals surface area (Å²) in [6.45, 7) is 7.71. The van der Waals surface area contributed by atoms with E-state index in [1.165, 1.54) is 24.6 Å². The van der Waals surface area contributed by atoms with Crippen molar-refractivity contribution in [2.75, 3.05) is 24.2 Å². The summed E-state index contributed by atoms with van der Waals surface area (Å²) in [6.07, 6.45) is 3.46. The third-order valence-electron chi connectivity index (χ3n) is 4.13. The second-order valence-corrected chi connectivity index (χ2v) is 7.92. The first-order valence-corrected chi connectivity index (χ1v) is 9.81. The second-order valence-electron chi connectivity index (χ2n) is 6.60. The van der Waals surface area contributed by atoms with Gasteiger partial charge in [0, 0.05) is 18.8 Å². The molecule has 132 valence electrons. The Morgan fingerprint density at radius 3 is 2.54 bits per heavy atom. The van der Waals surface area contributed by atoms with Crippen molar-refractivity contribution in [3.8, 4) is 0 Å². The molecule has 4 nitrogen and oxygen atoms in total. The zero-order valence-corrected chi connectivity index (χ0v) is 15.7. The van der Waals surface area contributed by atoms with E-state index in [0.29, 0.717) is 11.7 Å². The molecule has 1 aliphatic rings. The largest absolute Gasteiger partial charge is 0.341 e. The lowest BCUT2D eigenvalue weighted by molar-refractivity contribution is -0.130. The van der Waals surface area contributed by atoms with Crippen molar-refractivity contribution in [3.63, 3.8) is 0 Å². The van der Waals surface area contributed by atoms with Gasteiger partial charge >= 0.3 is 0 Å². The minimum absolute atomic E-state index is 0.0623. The molecule has 1 saturated carbocycles. The molecule has 1 N–H and O–H groups in total. The summed E-state index contributed by atoms with van der Waals surface area (Å²) < 4.78 is 0. The summed E-state index contributed by atoms with van der Waals surface area (Å²) in [5, 5.41) is 2.69. The van der Waals surface area contributed by atoms with E-state index in [1.54, 1.807) is 0 Å². The van der Waals surface area contributed by atoms with Gasteiger partial charge in [0.25, 0.3) is 0 Å². The molecule has 0 radical (unpaired) electrons. The van der Waals surface area contributed by atoms with E-state index in [2.05, 4.69) is 12.2 Å². The average Bonchev–Trinajstić information content (AvgIpc) is 3.38. The molecule has 0 aromatic heterocycles. The molecular formula is C19H28N2O2S. The van der Waals surface area contributed by atoms with Crippen LogP contribution >= 0.6 is 11.8 Å². The highest BCUT2D eigenvalue weighted by Crippen LogP contribution is 2.30. The van der Waals surface area contributed by atoms with Crippen LogP contribution in [0.4, 0.5) is 5.69 Å². The van der Waals surface area contributed by atoms with E-state index >= 15 is 0 Å². The molecule has 0 aliphatic heterocycles. The molecule has 1 aromatic rings. The van der Waals surface area contributed by atoms with Gasteiger partial charge in [-0.05, 0) is 51.2 Å². The SMILES string of the molecule is CCCN(CC1CC1)C(=O)C(C)SCC(=O)Nc1ccc(C)cc1. The maximum Gasteiger partial charge on any atom is 0.235 e. The molecule has 24 heavy (non-hydrogen) atoms. The molecule has 1 aromatic carbocycles. The molecule has 2 amide bonds. The van der Waals surface area contributed by atoms with Crippen molar-refractivity contribution in [1.29, 1.82) is 0 Å². The standard InChI is InChI=1S/C19H28N2O2S/c1-4-11-21(12-16-7-8-16)19(23)15(3)24-13-18(22)20-17-9-5-14(2)6-10-17/h5-6,9-10,15-16H,4,7-8,11-13H2,1-3H3,(H,20,22). The van der Waals surface area contributed by atoms with Crippen LogP contribution in [-0.2, 0) is 9.59 Å². The third kappa shape index (κ3) is 6.19. The highest BCUT2D eigenvalue weighted by Gasteiger charge is 2.28. The van der Waals surface area contributed by atoms with Crippen LogP contribution < -0.4 is 5.32 Å². The lowest BCUT2D eigenvalue weighted by atomic mass is 10.2. The topological polar surface area (TPSA) is 49.4 Å². The molecule has 0 spiro atoms. The van der Waals surface area contributed by atoms with Crippen LogP contribution in [0.25, 0.3) is 0 Å². The predicted octanol–water partition coefficient (Wildman–Crippen LogP) is 3.70. The number of hydrogen-bond donors (Lipinski definition) is 1. The minimum Gasteiger partial charge on any atom is -0.341 e. The Balaban J connectivity index is 1.77. The van der Waals surface area contributed by atoms with Crippen LogP contribution in [-0.4, -0.2) is 40.8 Å². The molecule has 1 aliphatic carbocycles. The van der Waals surface area contributed by atoms with E-state index in [1.807, 2.05) is 43.0 Å². The quantitative estimate of drug-likeness (QED) is 0.740. The van der Waals surface area contributed by atoms with E-state index in [-0.39, 0.29) is 17.1 Å². The summed E-state index contributed by atoms with van der Waals surface area (Å²) in [4.78, 5) is 26.6. The maximum absolute atomic E-state index is 12.6. The first-order chi connectivity index (χ1) is 11.5. The average molecular weight is 349 g/mol. The number of amides is 2. The van der Waals surface area contributed by atoms with Crippen molar-refractivity contribution < 1.29 is 9.59 Å². The fraction of sp³-hybridized carbons (Fsp3) is 0.579. The van der Waals surface area contributed by atoms with Gasteiger partial charge in [-0.15, -0.1) is 11.8 Å². The zero-order valence-electron chi connectivity index (χ0n) is 14.9. The van der Waals surface area contributed by atoms with Crippen LogP contribution in [0.15, 0.2) is 24.3 Å². The third-order valence-corrected chi connectivity index (χ3v) is 5.26. The second kappa shape index (κ2) is 9.11. The van der Waals surface area contributed by atoms with Crippen molar-refractivity contribution in [1.82, 2.24) is 4.90 Å². The molecule has 1 unspecified atom stereocenters. The molecule has 0 bridgehead atoms. The van der Waals surface area contributed by atoms with Crippen molar-refractivity contribution in [3.05, 3.63) is 29.8 Å². The van der Waals surface area contributed by atoms with Gasteiger partial charge in [-0.3, -0.25) is 9.59 Å². The Bertz CT molecular complexity index is 555. The number of nitrogens with one attached hydrogen (secondary N) is 1. The lowest BCUT2D eigenvalue weighted by Crippen LogP contribution is -2.39. The summed E-state index contributed by atoms with van der Waals surface area (Å²) >= 11 is 1.41. The highest BCUT2D eigenvalue weighted by atomic mass is 32.2. The van der Waals surface area contributed by atoms with Crippen LogP contribution in [0.1, 0.15) is 38.7 Å². The Labute approximate surface area is 149 Å². The molecule has 1 fully saturated rings. The number of carbonyl (C=O) groups is 2. The lowest BCUT2D eigenvalue weighted by Gasteiger charge is -2.25. The number of rotatable bonds is 9. The van der Waals surface area contributed by atoms with Crippen molar-refractivity contribution >= 4 is 29.3 Å².